The van der Waals surface area contributed by atoms with Crippen LogP contribution in [0.15, 0.2) is 24.4 Å². The summed E-state index contributed by atoms with van der Waals surface area (Å²) in [6, 6.07) is 4.85. The van der Waals surface area contributed by atoms with Crippen molar-refractivity contribution in [2.45, 2.75) is 19.8 Å². The number of nitrogens with zero attached hydrogens (tertiary/aromatic N) is 1. The standard InChI is InChI=1S/C18H18Cl2N2O5/c1-10-12(19)8-21-18(17(10)20)22-15(24)9-27-16(25)6-4-11-3-5-14(26-2)13(23)7-11/h3,5,7-8,23H,4,6,9H2,1-2H3,(H,21,22,24). The molecular formula is C18H18Cl2N2O5. The molecule has 2 aromatic rings. The summed E-state index contributed by atoms with van der Waals surface area (Å²) in [5.74, 6) is -0.630. The summed E-state index contributed by atoms with van der Waals surface area (Å²) < 4.78 is 9.89. The van der Waals surface area contributed by atoms with Gasteiger partial charge in [-0.15, -0.1) is 0 Å². The number of nitrogens with one attached hydrogen (secondary N) is 1. The SMILES string of the molecule is COc1ccc(CCC(=O)OCC(=O)Nc2ncc(Cl)c(C)c2Cl)cc1O. The van der Waals surface area contributed by atoms with Crippen LogP contribution in [0.5, 0.6) is 11.5 Å². The predicted molar refractivity (Wildman–Crippen MR) is 102 cm³/mol. The van der Waals surface area contributed by atoms with Gasteiger partial charge >= 0.3 is 5.97 Å². The highest BCUT2D eigenvalue weighted by atomic mass is 35.5. The third-order valence-corrected chi connectivity index (χ3v) is 4.53. The number of rotatable bonds is 7. The van der Waals surface area contributed by atoms with Crippen LogP contribution in [0.3, 0.4) is 0 Å². The maximum absolute atomic E-state index is 11.9. The normalized spacial score (nSPS) is 10.4. The number of pyridine rings is 1. The van der Waals surface area contributed by atoms with E-state index in [1.165, 1.54) is 19.4 Å². The number of phenolic OH excluding ortho intramolecular Hbond substituents is 1. The highest BCUT2D eigenvalue weighted by Gasteiger charge is 2.13. The molecule has 9 heteroatoms. The van der Waals surface area contributed by atoms with E-state index >= 15 is 0 Å². The number of anilines is 1. The molecule has 0 bridgehead atoms. The van der Waals surface area contributed by atoms with Crippen LogP contribution in [-0.2, 0) is 20.7 Å². The van der Waals surface area contributed by atoms with Gasteiger partial charge in [-0.05, 0) is 36.6 Å². The summed E-state index contributed by atoms with van der Waals surface area (Å²) in [6.07, 6.45) is 1.77. The second-order valence-corrected chi connectivity index (χ2v) is 6.39. The third-order valence-electron chi connectivity index (χ3n) is 3.69. The Balaban J connectivity index is 1.80. The summed E-state index contributed by atoms with van der Waals surface area (Å²) in [7, 11) is 1.45. The van der Waals surface area contributed by atoms with Crippen LogP contribution in [0.25, 0.3) is 0 Å². The number of aromatic hydroxyl groups is 1. The molecule has 7 nitrogen and oxygen atoms in total. The van der Waals surface area contributed by atoms with Crippen molar-refractivity contribution in [3.05, 3.63) is 45.6 Å². The van der Waals surface area contributed by atoms with Crippen molar-refractivity contribution in [1.29, 1.82) is 0 Å². The Morgan fingerprint density at radius 1 is 1.30 bits per heavy atom. The van der Waals surface area contributed by atoms with Crippen molar-refractivity contribution in [3.63, 3.8) is 0 Å². The first-order valence-corrected chi connectivity index (χ1v) is 8.69. The largest absolute Gasteiger partial charge is 0.504 e. The van der Waals surface area contributed by atoms with Crippen LogP contribution >= 0.6 is 23.2 Å². The molecule has 0 saturated heterocycles. The van der Waals surface area contributed by atoms with Gasteiger partial charge in [-0.2, -0.15) is 0 Å². The van der Waals surface area contributed by atoms with Gasteiger partial charge in [-0.1, -0.05) is 29.3 Å². The molecule has 2 N–H and O–H groups in total. The minimum Gasteiger partial charge on any atom is -0.504 e. The smallest absolute Gasteiger partial charge is 0.306 e. The predicted octanol–water partition coefficient (Wildman–Crippen LogP) is 3.53. The number of ether oxygens (including phenoxy) is 2. The summed E-state index contributed by atoms with van der Waals surface area (Å²) >= 11 is 11.9. The quantitative estimate of drug-likeness (QED) is 0.674. The van der Waals surface area contributed by atoms with Gasteiger partial charge in [0, 0.05) is 12.6 Å². The lowest BCUT2D eigenvalue weighted by atomic mass is 10.1. The first kappa shape index (κ1) is 20.8. The van der Waals surface area contributed by atoms with Crippen LogP contribution in [0.4, 0.5) is 5.82 Å². The van der Waals surface area contributed by atoms with Crippen LogP contribution in [-0.4, -0.2) is 35.7 Å². The topological polar surface area (TPSA) is 97.8 Å². The van der Waals surface area contributed by atoms with Crippen molar-refractivity contribution in [2.75, 3.05) is 19.0 Å². The number of hydrogen-bond acceptors (Lipinski definition) is 6. The number of methoxy groups -OCH3 is 1. The Morgan fingerprint density at radius 2 is 2.04 bits per heavy atom. The Labute approximate surface area is 166 Å². The zero-order chi connectivity index (χ0) is 20.0. The van der Waals surface area contributed by atoms with E-state index in [0.717, 1.165) is 5.56 Å². The van der Waals surface area contributed by atoms with Crippen molar-refractivity contribution >= 4 is 40.9 Å². The van der Waals surface area contributed by atoms with Gasteiger partial charge in [0.2, 0.25) is 0 Å². The number of carbonyl (C=O) groups is 2. The zero-order valence-corrected chi connectivity index (χ0v) is 16.2. The molecule has 1 amide bonds. The van der Waals surface area contributed by atoms with Gasteiger partial charge < -0.3 is 19.9 Å². The summed E-state index contributed by atoms with van der Waals surface area (Å²) in [6.45, 7) is 1.23. The van der Waals surface area contributed by atoms with Gasteiger partial charge in [0.05, 0.1) is 17.2 Å². The van der Waals surface area contributed by atoms with Crippen LogP contribution < -0.4 is 10.1 Å². The number of benzene rings is 1. The Hall–Kier alpha value is -2.51. The molecule has 2 rings (SSSR count). The van der Waals surface area contributed by atoms with Gasteiger partial charge in [-0.3, -0.25) is 9.59 Å². The molecule has 0 aliphatic rings. The third kappa shape index (κ3) is 5.74. The molecule has 0 atom stereocenters. The molecule has 0 unspecified atom stereocenters. The first-order valence-electron chi connectivity index (χ1n) is 7.93. The van der Waals surface area contributed by atoms with Gasteiger partial charge in [0.1, 0.15) is 0 Å². The zero-order valence-electron chi connectivity index (χ0n) is 14.7. The number of hydrogen-bond donors (Lipinski definition) is 2. The highest BCUT2D eigenvalue weighted by Crippen LogP contribution is 2.28. The van der Waals surface area contributed by atoms with Crippen molar-refractivity contribution in [1.82, 2.24) is 4.98 Å². The molecule has 1 aromatic carbocycles. The number of esters is 1. The van der Waals surface area contributed by atoms with E-state index in [1.807, 2.05) is 0 Å². The van der Waals surface area contributed by atoms with Crippen molar-refractivity contribution in [2.24, 2.45) is 0 Å². The molecule has 1 heterocycles. The number of aromatic nitrogens is 1. The molecule has 27 heavy (non-hydrogen) atoms. The molecule has 0 aliphatic carbocycles. The maximum atomic E-state index is 11.9. The Morgan fingerprint density at radius 3 is 2.70 bits per heavy atom. The lowest BCUT2D eigenvalue weighted by molar-refractivity contribution is -0.147. The van der Waals surface area contributed by atoms with E-state index in [0.29, 0.717) is 22.8 Å². The number of carbonyl (C=O) groups excluding carboxylic acids is 2. The van der Waals surface area contributed by atoms with E-state index in [-0.39, 0.29) is 23.0 Å². The lowest BCUT2D eigenvalue weighted by Gasteiger charge is -2.10. The average Bonchev–Trinajstić information content (AvgIpc) is 2.65. The van der Waals surface area contributed by atoms with E-state index in [1.54, 1.807) is 19.1 Å². The van der Waals surface area contributed by atoms with E-state index in [2.05, 4.69) is 10.3 Å². The van der Waals surface area contributed by atoms with Crippen LogP contribution in [0, 0.1) is 6.92 Å². The summed E-state index contributed by atoms with van der Waals surface area (Å²) in [5, 5.41) is 12.8. The first-order chi connectivity index (χ1) is 12.8. The fourth-order valence-corrected chi connectivity index (χ4v) is 2.56. The van der Waals surface area contributed by atoms with Crippen molar-refractivity contribution < 1.29 is 24.2 Å². The molecule has 0 radical (unpaired) electrons. The lowest BCUT2D eigenvalue weighted by Crippen LogP contribution is -2.21. The van der Waals surface area contributed by atoms with Gasteiger partial charge in [0.25, 0.3) is 5.91 Å². The molecule has 0 saturated carbocycles. The van der Waals surface area contributed by atoms with Crippen LogP contribution in [0.2, 0.25) is 10.0 Å². The van der Waals surface area contributed by atoms with Gasteiger partial charge in [-0.25, -0.2) is 4.98 Å². The number of amides is 1. The average molecular weight is 413 g/mol. The Kier molecular flexibility index (Phi) is 7.27. The summed E-state index contributed by atoms with van der Waals surface area (Å²) in [4.78, 5) is 27.6. The Bertz CT molecular complexity index is 858. The molecule has 0 fully saturated rings. The minimum absolute atomic E-state index is 0.00891. The van der Waals surface area contributed by atoms with E-state index in [4.69, 9.17) is 32.7 Å². The minimum atomic E-state index is -0.568. The molecular weight excluding hydrogens is 395 g/mol. The van der Waals surface area contributed by atoms with Crippen LogP contribution in [0.1, 0.15) is 17.5 Å². The monoisotopic (exact) mass is 412 g/mol. The number of halogens is 2. The summed E-state index contributed by atoms with van der Waals surface area (Å²) in [5.41, 5.74) is 1.32. The van der Waals surface area contributed by atoms with E-state index < -0.39 is 18.5 Å². The number of phenols is 1. The second-order valence-electron chi connectivity index (χ2n) is 5.61. The molecule has 1 aromatic heterocycles. The fourth-order valence-electron chi connectivity index (χ4n) is 2.17. The molecule has 144 valence electrons. The van der Waals surface area contributed by atoms with Gasteiger partial charge in [0.15, 0.2) is 23.9 Å². The highest BCUT2D eigenvalue weighted by molar-refractivity contribution is 6.37. The molecule has 0 spiro atoms. The van der Waals surface area contributed by atoms with E-state index in [9.17, 15) is 14.7 Å². The second kappa shape index (κ2) is 9.43. The number of aryl methyl sites for hydroxylation is 1. The molecule has 0 aliphatic heterocycles. The fraction of sp³-hybridized carbons (Fsp3) is 0.278. The maximum Gasteiger partial charge on any atom is 0.306 e. The van der Waals surface area contributed by atoms with Crippen molar-refractivity contribution in [3.8, 4) is 11.5 Å².